The summed E-state index contributed by atoms with van der Waals surface area (Å²) in [6.07, 6.45) is 5.70. The second-order valence-corrected chi connectivity index (χ2v) is 4.39. The number of allylic oxidation sites excluding steroid dienone is 2. The van der Waals surface area contributed by atoms with Crippen molar-refractivity contribution in [3.8, 4) is 0 Å². The fourth-order valence-electron chi connectivity index (χ4n) is 1.37. The van der Waals surface area contributed by atoms with E-state index in [2.05, 4.69) is 16.7 Å². The molecule has 0 radical (unpaired) electrons. The summed E-state index contributed by atoms with van der Waals surface area (Å²) in [4.78, 5) is 4.01. The van der Waals surface area contributed by atoms with E-state index < -0.39 is 0 Å². The maximum Gasteiger partial charge on any atom is 0.206 e. The molecule has 1 aromatic carbocycles. The molecule has 1 aromatic rings. The maximum atomic E-state index is 8.49. The minimum absolute atomic E-state index is 0.153. The highest BCUT2D eigenvalue weighted by Gasteiger charge is 2.00. The highest BCUT2D eigenvalue weighted by atomic mass is 35.5. The number of halogens is 1. The number of ether oxygens (including phenoxy) is 1. The highest BCUT2D eigenvalue weighted by molar-refractivity contribution is 6.65. The molecule has 0 aliphatic rings. The highest BCUT2D eigenvalue weighted by Crippen LogP contribution is 2.10. The maximum absolute atomic E-state index is 8.49. The van der Waals surface area contributed by atoms with Crippen molar-refractivity contribution in [3.63, 3.8) is 0 Å². The minimum atomic E-state index is 0.153. The van der Waals surface area contributed by atoms with Crippen LogP contribution in [0.25, 0.3) is 0 Å². The predicted octanol–water partition coefficient (Wildman–Crippen LogP) is 3.89. The molecule has 0 spiro atoms. The van der Waals surface area contributed by atoms with E-state index in [1.807, 2.05) is 37.3 Å². The van der Waals surface area contributed by atoms with Crippen LogP contribution in [0.4, 0.5) is 0 Å². The average Bonchev–Trinajstić information content (AvgIpc) is 2.46. The van der Waals surface area contributed by atoms with Crippen LogP contribution in [0.15, 0.2) is 59.0 Å². The van der Waals surface area contributed by atoms with Crippen LogP contribution >= 0.6 is 11.6 Å². The molecular formula is C15H17ClN2O2. The van der Waals surface area contributed by atoms with Crippen molar-refractivity contribution in [1.82, 2.24) is 0 Å². The monoisotopic (exact) mass is 292 g/mol. The lowest BCUT2D eigenvalue weighted by molar-refractivity contribution is 0.199. The van der Waals surface area contributed by atoms with Crippen LogP contribution in [0.5, 0.6) is 0 Å². The van der Waals surface area contributed by atoms with Gasteiger partial charge in [-0.15, -0.1) is 0 Å². The largest absolute Gasteiger partial charge is 0.473 e. The molecule has 0 heterocycles. The van der Waals surface area contributed by atoms with E-state index in [0.717, 1.165) is 11.1 Å². The van der Waals surface area contributed by atoms with Gasteiger partial charge in [-0.05, 0) is 30.7 Å². The van der Waals surface area contributed by atoms with E-state index >= 15 is 0 Å². The Labute approximate surface area is 123 Å². The number of nitrogens with zero attached hydrogens (tertiary/aromatic N) is 2. The molecule has 20 heavy (non-hydrogen) atoms. The predicted molar refractivity (Wildman–Crippen MR) is 82.5 cm³/mol. The van der Waals surface area contributed by atoms with Crippen LogP contribution in [-0.2, 0) is 17.8 Å². The van der Waals surface area contributed by atoms with E-state index in [1.165, 1.54) is 0 Å². The summed E-state index contributed by atoms with van der Waals surface area (Å²) in [5.74, 6) is 0.364. The summed E-state index contributed by atoms with van der Waals surface area (Å²) in [7, 11) is 0. The number of aliphatic imine (C=N–C) groups is 1. The van der Waals surface area contributed by atoms with E-state index in [0.29, 0.717) is 18.9 Å². The topological polar surface area (TPSA) is 54.2 Å². The van der Waals surface area contributed by atoms with E-state index in [9.17, 15) is 0 Å². The summed E-state index contributed by atoms with van der Waals surface area (Å²) >= 11 is 5.65. The van der Waals surface area contributed by atoms with Gasteiger partial charge in [0.2, 0.25) is 5.88 Å². The molecule has 0 saturated carbocycles. The molecule has 1 rings (SSSR count). The van der Waals surface area contributed by atoms with Gasteiger partial charge in [0, 0.05) is 12.6 Å². The average molecular weight is 293 g/mol. The Balaban J connectivity index is 2.47. The van der Waals surface area contributed by atoms with Crippen molar-refractivity contribution in [2.75, 3.05) is 0 Å². The van der Waals surface area contributed by atoms with Crippen LogP contribution in [0.1, 0.15) is 18.1 Å². The number of benzene rings is 1. The molecule has 0 amide bonds. The molecular weight excluding hydrogens is 276 g/mol. The van der Waals surface area contributed by atoms with Crippen molar-refractivity contribution in [2.24, 2.45) is 10.1 Å². The molecule has 1 N–H and O–H groups in total. The minimum Gasteiger partial charge on any atom is -0.473 e. The first-order valence-electron chi connectivity index (χ1n) is 6.07. The first-order valence-corrected chi connectivity index (χ1v) is 6.44. The van der Waals surface area contributed by atoms with Crippen molar-refractivity contribution in [3.05, 3.63) is 60.0 Å². The fraction of sp³-hybridized carbons (Fsp3) is 0.200. The standard InChI is InChI=1S/C15H17ClN2O2/c1-3-4-9-17-12(2)20-11-14-7-5-13(6-8-14)10-15(16)18-19/h3-9,19H,2,10-11H2,1H3/b4-3-,17-9-,18-15-. The molecule has 0 fully saturated rings. The Morgan fingerprint density at radius 2 is 2.00 bits per heavy atom. The van der Waals surface area contributed by atoms with Gasteiger partial charge in [-0.3, -0.25) is 0 Å². The molecule has 0 saturated heterocycles. The zero-order chi connectivity index (χ0) is 14.8. The molecule has 4 nitrogen and oxygen atoms in total. The normalized spacial score (nSPS) is 12.2. The summed E-state index contributed by atoms with van der Waals surface area (Å²) in [5, 5.41) is 11.6. The van der Waals surface area contributed by atoms with Gasteiger partial charge >= 0.3 is 0 Å². The number of hydrogen-bond acceptors (Lipinski definition) is 4. The Bertz CT molecular complexity index is 519. The smallest absolute Gasteiger partial charge is 0.206 e. The van der Waals surface area contributed by atoms with Crippen molar-refractivity contribution < 1.29 is 9.94 Å². The van der Waals surface area contributed by atoms with E-state index in [-0.39, 0.29) is 5.17 Å². The van der Waals surface area contributed by atoms with E-state index in [4.69, 9.17) is 21.5 Å². The molecule has 106 valence electrons. The van der Waals surface area contributed by atoms with Gasteiger partial charge in [-0.2, -0.15) is 0 Å². The van der Waals surface area contributed by atoms with Crippen LogP contribution in [-0.4, -0.2) is 16.6 Å². The zero-order valence-electron chi connectivity index (χ0n) is 11.3. The van der Waals surface area contributed by atoms with Crippen LogP contribution < -0.4 is 0 Å². The lowest BCUT2D eigenvalue weighted by atomic mass is 10.1. The van der Waals surface area contributed by atoms with Gasteiger partial charge < -0.3 is 9.94 Å². The van der Waals surface area contributed by atoms with Crippen LogP contribution in [0, 0.1) is 0 Å². The van der Waals surface area contributed by atoms with Gasteiger partial charge in [0.15, 0.2) is 0 Å². The molecule has 0 aromatic heterocycles. The Morgan fingerprint density at radius 1 is 1.35 bits per heavy atom. The first-order chi connectivity index (χ1) is 9.65. The molecule has 0 aliphatic heterocycles. The summed E-state index contributed by atoms with van der Waals surface area (Å²) in [5.41, 5.74) is 1.95. The van der Waals surface area contributed by atoms with Crippen molar-refractivity contribution in [2.45, 2.75) is 20.0 Å². The number of hydrogen-bond donors (Lipinski definition) is 1. The van der Waals surface area contributed by atoms with Gasteiger partial charge in [0.1, 0.15) is 11.8 Å². The third kappa shape index (κ3) is 6.20. The lowest BCUT2D eigenvalue weighted by Gasteiger charge is -2.06. The zero-order valence-corrected chi connectivity index (χ0v) is 12.0. The molecule has 0 bridgehead atoms. The summed E-state index contributed by atoms with van der Waals surface area (Å²) < 4.78 is 5.40. The first kappa shape index (κ1) is 16.0. The van der Waals surface area contributed by atoms with Crippen LogP contribution in [0.3, 0.4) is 0 Å². The number of rotatable bonds is 7. The van der Waals surface area contributed by atoms with Crippen LogP contribution in [0.2, 0.25) is 0 Å². The van der Waals surface area contributed by atoms with Crippen molar-refractivity contribution in [1.29, 1.82) is 0 Å². The lowest BCUT2D eigenvalue weighted by Crippen LogP contribution is -1.96. The quantitative estimate of drug-likeness (QED) is 0.359. The fourth-order valence-corrected chi connectivity index (χ4v) is 1.53. The summed E-state index contributed by atoms with van der Waals surface area (Å²) in [6.45, 7) is 6.00. The Kier molecular flexibility index (Phi) is 7.14. The van der Waals surface area contributed by atoms with Gasteiger partial charge in [0.05, 0.1) is 0 Å². The van der Waals surface area contributed by atoms with Gasteiger partial charge in [-0.1, -0.05) is 47.1 Å². The second kappa shape index (κ2) is 8.93. The third-order valence-corrected chi connectivity index (χ3v) is 2.59. The molecule has 0 unspecified atom stereocenters. The second-order valence-electron chi connectivity index (χ2n) is 3.96. The SMILES string of the molecule is C=C(/N=C\C=C/C)OCc1ccc(C/C(Cl)=N/O)cc1. The van der Waals surface area contributed by atoms with Gasteiger partial charge in [0.25, 0.3) is 0 Å². The molecule has 5 heteroatoms. The third-order valence-electron chi connectivity index (χ3n) is 2.38. The van der Waals surface area contributed by atoms with Gasteiger partial charge in [-0.25, -0.2) is 4.99 Å². The Hall–Kier alpha value is -2.07. The molecule has 0 atom stereocenters. The number of oxime groups is 1. The van der Waals surface area contributed by atoms with Crippen molar-refractivity contribution >= 4 is 23.0 Å². The summed E-state index contributed by atoms with van der Waals surface area (Å²) in [6, 6.07) is 7.63. The Morgan fingerprint density at radius 3 is 2.60 bits per heavy atom. The molecule has 0 aliphatic carbocycles. The van der Waals surface area contributed by atoms with E-state index in [1.54, 1.807) is 12.3 Å².